The molecule has 0 rings (SSSR count). The molecule has 4 nitrogen and oxygen atoms in total. The summed E-state index contributed by atoms with van der Waals surface area (Å²) in [5, 5.41) is 18.2. The first-order chi connectivity index (χ1) is 7.06. The van der Waals surface area contributed by atoms with Crippen molar-refractivity contribution in [2.45, 2.75) is 66.0 Å². The fourth-order valence-corrected chi connectivity index (χ4v) is 0.518. The Morgan fingerprint density at radius 3 is 1.25 bits per heavy atom. The first-order valence-corrected chi connectivity index (χ1v) is 5.74. The number of aliphatic hydroxyl groups is 2. The topological polar surface area (TPSA) is 58.9 Å². The van der Waals surface area contributed by atoms with Crippen LogP contribution in [0.5, 0.6) is 0 Å². The third-order valence-corrected chi connectivity index (χ3v) is 2.30. The van der Waals surface area contributed by atoms with Crippen LogP contribution in [0.25, 0.3) is 0 Å². The smallest absolute Gasteiger partial charge is 0.154 e. The molecule has 0 fully saturated rings. The number of hydrogen-bond donors (Lipinski definition) is 2. The number of hydrogen-bond acceptors (Lipinski definition) is 4. The van der Waals surface area contributed by atoms with E-state index in [-0.39, 0.29) is 6.29 Å². The van der Waals surface area contributed by atoms with Crippen LogP contribution in [0.15, 0.2) is 0 Å². The van der Waals surface area contributed by atoms with Crippen LogP contribution in [0.1, 0.15) is 48.5 Å². The Bertz CT molecular complexity index is 137. The van der Waals surface area contributed by atoms with E-state index in [0.717, 1.165) is 13.2 Å². The van der Waals surface area contributed by atoms with Gasteiger partial charge in [-0.25, -0.2) is 0 Å². The van der Waals surface area contributed by atoms with Crippen LogP contribution in [-0.4, -0.2) is 40.9 Å². The van der Waals surface area contributed by atoms with Gasteiger partial charge < -0.3 is 19.7 Å². The van der Waals surface area contributed by atoms with Gasteiger partial charge in [0.2, 0.25) is 0 Å². The zero-order valence-electron chi connectivity index (χ0n) is 11.7. The quantitative estimate of drug-likeness (QED) is 0.716. The second kappa shape index (κ2) is 8.01. The van der Waals surface area contributed by atoms with Crippen LogP contribution in [0.2, 0.25) is 0 Å². The van der Waals surface area contributed by atoms with E-state index >= 15 is 0 Å². The van der Waals surface area contributed by atoms with Crippen LogP contribution in [0.3, 0.4) is 0 Å². The minimum absolute atomic E-state index is 0.0370. The SMILES string of the molecule is CC(C)(O)C(C)(C)O.CCOC(C)OCC. The van der Waals surface area contributed by atoms with E-state index in [1.54, 1.807) is 27.7 Å². The lowest BCUT2D eigenvalue weighted by atomic mass is 9.90. The summed E-state index contributed by atoms with van der Waals surface area (Å²) in [7, 11) is 0. The zero-order valence-corrected chi connectivity index (χ0v) is 11.7. The second-order valence-electron chi connectivity index (χ2n) is 4.60. The Morgan fingerprint density at radius 2 is 1.12 bits per heavy atom. The summed E-state index contributed by atoms with van der Waals surface area (Å²) in [6.07, 6.45) is -0.0370. The standard InChI is InChI=1S/2C6H14O2/c1-5(2,7)6(3,4)8;1-4-7-6(3)8-5-2/h7-8H,1-4H3;6H,4-5H2,1-3H3. The Kier molecular flexibility index (Phi) is 9.12. The molecule has 0 aromatic carbocycles. The fourth-order valence-electron chi connectivity index (χ4n) is 0.518. The van der Waals surface area contributed by atoms with Gasteiger partial charge in [0.1, 0.15) is 0 Å². The van der Waals surface area contributed by atoms with E-state index in [1.165, 1.54) is 0 Å². The van der Waals surface area contributed by atoms with Crippen LogP contribution >= 0.6 is 0 Å². The van der Waals surface area contributed by atoms with E-state index in [1.807, 2.05) is 20.8 Å². The first kappa shape index (κ1) is 18.2. The highest BCUT2D eigenvalue weighted by Gasteiger charge is 2.31. The average Bonchev–Trinajstić information content (AvgIpc) is 2.02. The summed E-state index contributed by atoms with van der Waals surface area (Å²) < 4.78 is 10.1. The molecule has 0 heterocycles. The molecule has 0 saturated heterocycles. The van der Waals surface area contributed by atoms with Gasteiger partial charge >= 0.3 is 0 Å². The predicted molar refractivity (Wildman–Crippen MR) is 65.3 cm³/mol. The van der Waals surface area contributed by atoms with Crippen molar-refractivity contribution in [3.05, 3.63) is 0 Å². The minimum atomic E-state index is -1.01. The summed E-state index contributed by atoms with van der Waals surface area (Å²) in [5.74, 6) is 0. The van der Waals surface area contributed by atoms with Gasteiger partial charge in [-0.15, -0.1) is 0 Å². The summed E-state index contributed by atoms with van der Waals surface area (Å²) >= 11 is 0. The van der Waals surface area contributed by atoms with E-state index in [9.17, 15) is 0 Å². The summed E-state index contributed by atoms with van der Waals surface area (Å²) in [6, 6.07) is 0. The van der Waals surface area contributed by atoms with Crippen LogP contribution in [-0.2, 0) is 9.47 Å². The first-order valence-electron chi connectivity index (χ1n) is 5.74. The third kappa shape index (κ3) is 10.4. The highest BCUT2D eigenvalue weighted by atomic mass is 16.7. The maximum Gasteiger partial charge on any atom is 0.154 e. The lowest BCUT2D eigenvalue weighted by Gasteiger charge is -2.31. The fraction of sp³-hybridized carbons (Fsp3) is 1.00. The van der Waals surface area contributed by atoms with Gasteiger partial charge in [0, 0.05) is 13.2 Å². The van der Waals surface area contributed by atoms with Crippen molar-refractivity contribution in [2.24, 2.45) is 0 Å². The van der Waals surface area contributed by atoms with E-state index in [2.05, 4.69) is 0 Å². The Labute approximate surface area is 99.6 Å². The zero-order chi connectivity index (χ0) is 13.4. The molecule has 100 valence electrons. The van der Waals surface area contributed by atoms with Crippen molar-refractivity contribution in [3.63, 3.8) is 0 Å². The lowest BCUT2D eigenvalue weighted by molar-refractivity contribution is -0.123. The Hall–Kier alpha value is -0.160. The highest BCUT2D eigenvalue weighted by molar-refractivity contribution is 4.84. The largest absolute Gasteiger partial charge is 0.387 e. The van der Waals surface area contributed by atoms with Crippen molar-refractivity contribution < 1.29 is 19.7 Å². The van der Waals surface area contributed by atoms with Crippen molar-refractivity contribution >= 4 is 0 Å². The number of ether oxygens (including phenoxy) is 2. The second-order valence-corrected chi connectivity index (χ2v) is 4.60. The summed E-state index contributed by atoms with van der Waals surface area (Å²) in [4.78, 5) is 0. The molecule has 0 aromatic heterocycles. The molecule has 0 aliphatic rings. The minimum Gasteiger partial charge on any atom is -0.387 e. The van der Waals surface area contributed by atoms with Crippen LogP contribution in [0, 0.1) is 0 Å². The normalized spacial score (nSPS) is 12.4. The van der Waals surface area contributed by atoms with Gasteiger partial charge in [-0.3, -0.25) is 0 Å². The molecule has 0 unspecified atom stereocenters. The molecule has 0 amide bonds. The van der Waals surface area contributed by atoms with Gasteiger partial charge in [-0.1, -0.05) is 0 Å². The maximum absolute atomic E-state index is 9.10. The predicted octanol–water partition coefficient (Wildman–Crippen LogP) is 1.93. The highest BCUT2D eigenvalue weighted by Crippen LogP contribution is 2.19. The Balaban J connectivity index is 0. The van der Waals surface area contributed by atoms with Crippen LogP contribution in [0.4, 0.5) is 0 Å². The summed E-state index contributed by atoms with van der Waals surface area (Å²) in [5.41, 5.74) is -2.01. The van der Waals surface area contributed by atoms with Crippen molar-refractivity contribution in [1.82, 2.24) is 0 Å². The molecule has 0 spiro atoms. The van der Waals surface area contributed by atoms with Crippen molar-refractivity contribution in [2.75, 3.05) is 13.2 Å². The number of rotatable bonds is 5. The molecule has 0 saturated carbocycles. The Morgan fingerprint density at radius 1 is 0.875 bits per heavy atom. The summed E-state index contributed by atoms with van der Waals surface area (Å²) in [6.45, 7) is 13.6. The maximum atomic E-state index is 9.10. The molecule has 0 radical (unpaired) electrons. The average molecular weight is 236 g/mol. The van der Waals surface area contributed by atoms with Crippen molar-refractivity contribution in [3.8, 4) is 0 Å². The van der Waals surface area contributed by atoms with Gasteiger partial charge in [0.15, 0.2) is 6.29 Å². The van der Waals surface area contributed by atoms with Crippen molar-refractivity contribution in [1.29, 1.82) is 0 Å². The van der Waals surface area contributed by atoms with E-state index in [4.69, 9.17) is 19.7 Å². The van der Waals surface area contributed by atoms with Crippen LogP contribution < -0.4 is 0 Å². The van der Waals surface area contributed by atoms with Gasteiger partial charge in [-0.2, -0.15) is 0 Å². The monoisotopic (exact) mass is 236 g/mol. The molecule has 0 aliphatic heterocycles. The van der Waals surface area contributed by atoms with E-state index in [0.29, 0.717) is 0 Å². The molecule has 0 aliphatic carbocycles. The molecule has 0 bridgehead atoms. The third-order valence-electron chi connectivity index (χ3n) is 2.30. The molecule has 0 atom stereocenters. The molecule has 16 heavy (non-hydrogen) atoms. The molecular weight excluding hydrogens is 208 g/mol. The van der Waals surface area contributed by atoms with Gasteiger partial charge in [0.25, 0.3) is 0 Å². The molecular formula is C12H28O4. The van der Waals surface area contributed by atoms with E-state index < -0.39 is 11.2 Å². The molecule has 0 aromatic rings. The molecule has 4 heteroatoms. The lowest BCUT2D eigenvalue weighted by Crippen LogP contribution is -2.44. The van der Waals surface area contributed by atoms with Gasteiger partial charge in [-0.05, 0) is 48.5 Å². The molecule has 2 N–H and O–H groups in total. The van der Waals surface area contributed by atoms with Gasteiger partial charge in [0.05, 0.1) is 11.2 Å².